The van der Waals surface area contributed by atoms with Gasteiger partial charge < -0.3 is 9.52 Å². The Labute approximate surface area is 103 Å². The molecule has 0 bridgehead atoms. The SMILES string of the molecule is O=C(O)c1ccc(-c2cc(Br)c(F)cc2F)o1. The number of halogens is 3. The lowest BCUT2D eigenvalue weighted by atomic mass is 10.1. The summed E-state index contributed by atoms with van der Waals surface area (Å²) in [5.74, 6) is -3.09. The second-order valence-electron chi connectivity index (χ2n) is 3.22. The van der Waals surface area contributed by atoms with Gasteiger partial charge in [0.25, 0.3) is 0 Å². The molecule has 3 nitrogen and oxygen atoms in total. The molecule has 2 rings (SSSR count). The van der Waals surface area contributed by atoms with Crippen molar-refractivity contribution in [3.8, 4) is 11.3 Å². The minimum atomic E-state index is -1.25. The summed E-state index contributed by atoms with van der Waals surface area (Å²) >= 11 is 2.91. The Hall–Kier alpha value is -1.69. The maximum absolute atomic E-state index is 13.5. The Bertz CT molecular complexity index is 592. The third-order valence-electron chi connectivity index (χ3n) is 2.09. The van der Waals surface area contributed by atoms with E-state index in [1.165, 1.54) is 18.2 Å². The van der Waals surface area contributed by atoms with Crippen LogP contribution in [-0.2, 0) is 0 Å². The van der Waals surface area contributed by atoms with Crippen molar-refractivity contribution in [3.05, 3.63) is 46.1 Å². The van der Waals surface area contributed by atoms with E-state index >= 15 is 0 Å². The van der Waals surface area contributed by atoms with Crippen LogP contribution in [0.4, 0.5) is 8.78 Å². The Morgan fingerprint density at radius 2 is 1.94 bits per heavy atom. The van der Waals surface area contributed by atoms with Crippen molar-refractivity contribution >= 4 is 21.9 Å². The summed E-state index contributed by atoms with van der Waals surface area (Å²) in [5, 5.41) is 8.66. The van der Waals surface area contributed by atoms with E-state index in [0.29, 0.717) is 6.07 Å². The average molecular weight is 303 g/mol. The van der Waals surface area contributed by atoms with Crippen LogP contribution in [0.15, 0.2) is 33.2 Å². The molecule has 1 aromatic heterocycles. The molecular weight excluding hydrogens is 298 g/mol. The van der Waals surface area contributed by atoms with Crippen LogP contribution >= 0.6 is 15.9 Å². The third kappa shape index (κ3) is 2.21. The van der Waals surface area contributed by atoms with Crippen LogP contribution in [0.3, 0.4) is 0 Å². The van der Waals surface area contributed by atoms with Crippen LogP contribution in [0.2, 0.25) is 0 Å². The van der Waals surface area contributed by atoms with Gasteiger partial charge in [-0.3, -0.25) is 0 Å². The fourth-order valence-electron chi connectivity index (χ4n) is 1.31. The van der Waals surface area contributed by atoms with Crippen LogP contribution in [-0.4, -0.2) is 11.1 Å². The Balaban J connectivity index is 2.52. The van der Waals surface area contributed by atoms with Crippen LogP contribution in [0, 0.1) is 11.6 Å². The zero-order valence-electron chi connectivity index (χ0n) is 8.21. The molecule has 1 heterocycles. The first-order chi connectivity index (χ1) is 7.99. The third-order valence-corrected chi connectivity index (χ3v) is 2.70. The summed E-state index contributed by atoms with van der Waals surface area (Å²) in [4.78, 5) is 10.6. The van der Waals surface area contributed by atoms with Gasteiger partial charge in [-0.1, -0.05) is 0 Å². The highest BCUT2D eigenvalue weighted by molar-refractivity contribution is 9.10. The number of aromatic carboxylic acids is 1. The molecule has 0 saturated carbocycles. The van der Waals surface area contributed by atoms with E-state index in [9.17, 15) is 13.6 Å². The molecule has 88 valence electrons. The van der Waals surface area contributed by atoms with E-state index in [1.54, 1.807) is 0 Å². The first-order valence-corrected chi connectivity index (χ1v) is 5.26. The molecular formula is C11H5BrF2O3. The molecule has 1 N–H and O–H groups in total. The number of hydrogen-bond donors (Lipinski definition) is 1. The highest BCUT2D eigenvalue weighted by Gasteiger charge is 2.15. The van der Waals surface area contributed by atoms with E-state index in [0.717, 1.165) is 0 Å². The van der Waals surface area contributed by atoms with Gasteiger partial charge in [-0.05, 0) is 34.1 Å². The van der Waals surface area contributed by atoms with Crippen molar-refractivity contribution in [1.29, 1.82) is 0 Å². The van der Waals surface area contributed by atoms with Crippen LogP contribution < -0.4 is 0 Å². The van der Waals surface area contributed by atoms with Crippen molar-refractivity contribution in [2.75, 3.05) is 0 Å². The maximum Gasteiger partial charge on any atom is 0.371 e. The Kier molecular flexibility index (Phi) is 2.97. The molecule has 0 unspecified atom stereocenters. The van der Waals surface area contributed by atoms with Crippen LogP contribution in [0.1, 0.15) is 10.6 Å². The number of carbonyl (C=O) groups is 1. The van der Waals surface area contributed by atoms with Crippen LogP contribution in [0.25, 0.3) is 11.3 Å². The molecule has 0 fully saturated rings. The van der Waals surface area contributed by atoms with E-state index in [2.05, 4.69) is 15.9 Å². The van der Waals surface area contributed by atoms with Crippen molar-refractivity contribution in [2.24, 2.45) is 0 Å². The molecule has 6 heteroatoms. The lowest BCUT2D eigenvalue weighted by Crippen LogP contribution is -1.92. The highest BCUT2D eigenvalue weighted by atomic mass is 79.9. The van der Waals surface area contributed by atoms with Gasteiger partial charge in [-0.2, -0.15) is 0 Å². The van der Waals surface area contributed by atoms with Crippen LogP contribution in [0.5, 0.6) is 0 Å². The van der Waals surface area contributed by atoms with Gasteiger partial charge in [0, 0.05) is 6.07 Å². The minimum absolute atomic E-state index is 0.00854. The summed E-state index contributed by atoms with van der Waals surface area (Å²) in [6, 6.07) is 4.40. The van der Waals surface area contributed by atoms with Gasteiger partial charge >= 0.3 is 5.97 Å². The molecule has 0 aliphatic rings. The monoisotopic (exact) mass is 302 g/mol. The molecule has 0 amide bonds. The summed E-state index contributed by atoms with van der Waals surface area (Å²) < 4.78 is 31.5. The van der Waals surface area contributed by atoms with Gasteiger partial charge in [-0.15, -0.1) is 0 Å². The second kappa shape index (κ2) is 4.29. The highest BCUT2D eigenvalue weighted by Crippen LogP contribution is 2.29. The number of benzene rings is 1. The first-order valence-electron chi connectivity index (χ1n) is 4.47. The predicted molar refractivity (Wildman–Crippen MR) is 58.7 cm³/mol. The molecule has 0 spiro atoms. The zero-order chi connectivity index (χ0) is 12.6. The largest absolute Gasteiger partial charge is 0.475 e. The summed E-state index contributed by atoms with van der Waals surface area (Å²) in [6.07, 6.45) is 0. The van der Waals surface area contributed by atoms with Gasteiger partial charge in [-0.25, -0.2) is 13.6 Å². The fraction of sp³-hybridized carbons (Fsp3) is 0. The van der Waals surface area contributed by atoms with Crippen molar-refractivity contribution in [3.63, 3.8) is 0 Å². The van der Waals surface area contributed by atoms with Gasteiger partial charge in [0.2, 0.25) is 5.76 Å². The fourth-order valence-corrected chi connectivity index (χ4v) is 1.65. The molecule has 0 aliphatic carbocycles. The number of hydrogen-bond acceptors (Lipinski definition) is 2. The quantitative estimate of drug-likeness (QED) is 0.861. The molecule has 0 atom stereocenters. The zero-order valence-corrected chi connectivity index (χ0v) is 9.79. The van der Waals surface area contributed by atoms with Gasteiger partial charge in [0.05, 0.1) is 10.0 Å². The lowest BCUT2D eigenvalue weighted by Gasteiger charge is -2.01. The van der Waals surface area contributed by atoms with E-state index in [4.69, 9.17) is 9.52 Å². The molecule has 1 aromatic carbocycles. The molecule has 17 heavy (non-hydrogen) atoms. The molecule has 0 radical (unpaired) electrons. The van der Waals surface area contributed by atoms with Crippen molar-refractivity contribution in [2.45, 2.75) is 0 Å². The Morgan fingerprint density at radius 3 is 2.53 bits per heavy atom. The number of carboxylic acid groups (broad SMARTS) is 1. The standard InChI is InChI=1S/C11H5BrF2O3/c12-6-3-5(7(13)4-8(6)14)9-1-2-10(17-9)11(15)16/h1-4H,(H,15,16). The van der Waals surface area contributed by atoms with E-state index in [-0.39, 0.29) is 21.6 Å². The van der Waals surface area contributed by atoms with Gasteiger partial charge in [0.15, 0.2) is 0 Å². The molecule has 2 aromatic rings. The Morgan fingerprint density at radius 1 is 1.24 bits per heavy atom. The number of rotatable bonds is 2. The first kappa shape index (κ1) is 11.8. The molecule has 0 aliphatic heterocycles. The van der Waals surface area contributed by atoms with E-state index < -0.39 is 17.6 Å². The summed E-state index contributed by atoms with van der Waals surface area (Å²) in [6.45, 7) is 0. The number of furan rings is 1. The topological polar surface area (TPSA) is 50.4 Å². The van der Waals surface area contributed by atoms with Crippen molar-refractivity contribution < 1.29 is 23.1 Å². The second-order valence-corrected chi connectivity index (χ2v) is 4.07. The molecule has 0 saturated heterocycles. The smallest absolute Gasteiger partial charge is 0.371 e. The van der Waals surface area contributed by atoms with Gasteiger partial charge in [0.1, 0.15) is 17.4 Å². The predicted octanol–water partition coefficient (Wildman–Crippen LogP) is 3.69. The minimum Gasteiger partial charge on any atom is -0.475 e. The normalized spacial score (nSPS) is 10.5. The van der Waals surface area contributed by atoms with E-state index in [1.807, 2.05) is 0 Å². The summed E-state index contributed by atoms with van der Waals surface area (Å²) in [7, 11) is 0. The maximum atomic E-state index is 13.5. The average Bonchev–Trinajstić information content (AvgIpc) is 2.72. The lowest BCUT2D eigenvalue weighted by molar-refractivity contribution is 0.0663. The summed E-state index contributed by atoms with van der Waals surface area (Å²) in [5.41, 5.74) is -0.00854. The number of carboxylic acids is 1. The van der Waals surface area contributed by atoms with Crippen molar-refractivity contribution in [1.82, 2.24) is 0 Å².